The van der Waals surface area contributed by atoms with Gasteiger partial charge in [0.1, 0.15) is 11.6 Å². The van der Waals surface area contributed by atoms with Gasteiger partial charge in [-0.25, -0.2) is 9.38 Å². The quantitative estimate of drug-likeness (QED) is 0.193. The molecule has 0 aliphatic rings. The van der Waals surface area contributed by atoms with Gasteiger partial charge in [-0.15, -0.1) is 24.0 Å². The average molecular weight is 517 g/mol. The Hall–Kier alpha value is -1.91. The minimum absolute atomic E-state index is 0. The van der Waals surface area contributed by atoms with Gasteiger partial charge in [0.15, 0.2) is 5.96 Å². The largest absolute Gasteiger partial charge is 0.493 e. The van der Waals surface area contributed by atoms with E-state index in [0.717, 1.165) is 23.4 Å². The van der Waals surface area contributed by atoms with Crippen molar-refractivity contribution in [3.8, 4) is 5.75 Å². The number of benzene rings is 2. The Balaban J connectivity index is 0.00000420. The Morgan fingerprint density at radius 1 is 1.17 bits per heavy atom. The maximum atomic E-state index is 13.5. The van der Waals surface area contributed by atoms with Gasteiger partial charge in [0, 0.05) is 44.0 Å². The van der Waals surface area contributed by atoms with E-state index in [2.05, 4.69) is 15.6 Å². The third kappa shape index (κ3) is 8.97. The number of methoxy groups -OCH3 is 1. The average Bonchev–Trinajstić information content (AvgIpc) is 2.71. The van der Waals surface area contributed by atoms with Crippen LogP contribution < -0.4 is 15.4 Å². The third-order valence-corrected chi connectivity index (χ3v) is 3.90. The standard InChI is InChI=1S/C21H28FN3O3.HI/c1-3-23-21(24-14-16-8-9-20(22)17(12-16)15-26)25-18-6-4-7-19(13-18)28-11-5-10-27-2;/h4,6-9,12-13,26H,3,5,10-11,14-15H2,1-2H3,(H2,23,24,25);1H. The number of guanidine groups is 1. The summed E-state index contributed by atoms with van der Waals surface area (Å²) < 4.78 is 24.2. The molecule has 0 atom stereocenters. The number of rotatable bonds is 10. The van der Waals surface area contributed by atoms with E-state index in [-0.39, 0.29) is 36.1 Å². The smallest absolute Gasteiger partial charge is 0.196 e. The molecule has 0 unspecified atom stereocenters. The molecule has 0 saturated carbocycles. The molecule has 0 aromatic heterocycles. The SMILES string of the molecule is CCNC(=NCc1ccc(F)c(CO)c1)Nc1cccc(OCCCOC)c1.I. The summed E-state index contributed by atoms with van der Waals surface area (Å²) in [4.78, 5) is 4.53. The number of hydrogen-bond donors (Lipinski definition) is 3. The van der Waals surface area contributed by atoms with Crippen molar-refractivity contribution in [1.29, 1.82) is 0 Å². The molecular formula is C21H29FIN3O3. The van der Waals surface area contributed by atoms with Gasteiger partial charge in [0.05, 0.1) is 19.8 Å². The lowest BCUT2D eigenvalue weighted by molar-refractivity contribution is 0.172. The van der Waals surface area contributed by atoms with Gasteiger partial charge in [-0.2, -0.15) is 0 Å². The molecule has 0 saturated heterocycles. The summed E-state index contributed by atoms with van der Waals surface area (Å²) in [5.74, 6) is 0.958. The third-order valence-electron chi connectivity index (χ3n) is 3.90. The van der Waals surface area contributed by atoms with Gasteiger partial charge in [-0.1, -0.05) is 12.1 Å². The van der Waals surface area contributed by atoms with E-state index < -0.39 is 5.82 Å². The molecule has 6 nitrogen and oxygen atoms in total. The highest BCUT2D eigenvalue weighted by Crippen LogP contribution is 2.18. The maximum absolute atomic E-state index is 13.5. The lowest BCUT2D eigenvalue weighted by Crippen LogP contribution is -2.30. The van der Waals surface area contributed by atoms with Crippen molar-refractivity contribution < 1.29 is 19.0 Å². The molecule has 2 aromatic carbocycles. The second kappa shape index (κ2) is 14.1. The summed E-state index contributed by atoms with van der Waals surface area (Å²) in [5, 5.41) is 15.6. The van der Waals surface area contributed by atoms with Gasteiger partial charge < -0.3 is 25.2 Å². The minimum atomic E-state index is -0.414. The minimum Gasteiger partial charge on any atom is -0.493 e. The van der Waals surface area contributed by atoms with Gasteiger partial charge in [0.25, 0.3) is 0 Å². The zero-order valence-corrected chi connectivity index (χ0v) is 19.1. The molecule has 2 rings (SSSR count). The zero-order valence-electron chi connectivity index (χ0n) is 16.8. The molecule has 0 aliphatic heterocycles. The summed E-state index contributed by atoms with van der Waals surface area (Å²) >= 11 is 0. The van der Waals surface area contributed by atoms with E-state index in [0.29, 0.717) is 32.3 Å². The molecule has 29 heavy (non-hydrogen) atoms. The molecule has 0 spiro atoms. The topological polar surface area (TPSA) is 75.1 Å². The number of halogens is 2. The predicted molar refractivity (Wildman–Crippen MR) is 125 cm³/mol. The number of hydrogen-bond acceptors (Lipinski definition) is 4. The van der Waals surface area contributed by atoms with Crippen molar-refractivity contribution >= 4 is 35.6 Å². The van der Waals surface area contributed by atoms with Crippen LogP contribution in [-0.2, 0) is 17.9 Å². The van der Waals surface area contributed by atoms with E-state index in [4.69, 9.17) is 9.47 Å². The van der Waals surface area contributed by atoms with Crippen LogP contribution in [0.3, 0.4) is 0 Å². The zero-order chi connectivity index (χ0) is 20.2. The Kier molecular flexibility index (Phi) is 12.2. The van der Waals surface area contributed by atoms with Crippen molar-refractivity contribution in [3.05, 3.63) is 59.4 Å². The highest BCUT2D eigenvalue weighted by molar-refractivity contribution is 14.0. The highest BCUT2D eigenvalue weighted by atomic mass is 127. The van der Waals surface area contributed by atoms with Crippen LogP contribution in [0, 0.1) is 5.82 Å². The molecule has 0 amide bonds. The Morgan fingerprint density at radius 3 is 2.72 bits per heavy atom. The first-order valence-corrected chi connectivity index (χ1v) is 9.31. The fourth-order valence-electron chi connectivity index (χ4n) is 2.52. The van der Waals surface area contributed by atoms with Crippen LogP contribution in [0.15, 0.2) is 47.5 Å². The van der Waals surface area contributed by atoms with Crippen molar-refractivity contribution in [1.82, 2.24) is 5.32 Å². The monoisotopic (exact) mass is 517 g/mol. The fraction of sp³-hybridized carbons (Fsp3) is 0.381. The first-order chi connectivity index (χ1) is 13.7. The van der Waals surface area contributed by atoms with E-state index in [1.807, 2.05) is 31.2 Å². The Morgan fingerprint density at radius 2 is 2.00 bits per heavy atom. The molecule has 160 valence electrons. The molecule has 3 N–H and O–H groups in total. The van der Waals surface area contributed by atoms with E-state index >= 15 is 0 Å². The first-order valence-electron chi connectivity index (χ1n) is 9.31. The van der Waals surface area contributed by atoms with E-state index in [9.17, 15) is 9.50 Å². The van der Waals surface area contributed by atoms with Crippen molar-refractivity contribution in [3.63, 3.8) is 0 Å². The second-order valence-corrected chi connectivity index (χ2v) is 6.13. The number of aliphatic imine (C=N–C) groups is 1. The Bertz CT molecular complexity index is 775. The molecule has 0 radical (unpaired) electrons. The van der Waals surface area contributed by atoms with Crippen molar-refractivity contribution in [2.75, 3.05) is 32.2 Å². The molecule has 0 heterocycles. The van der Waals surface area contributed by atoms with E-state index in [1.54, 1.807) is 19.2 Å². The van der Waals surface area contributed by atoms with Crippen LogP contribution >= 0.6 is 24.0 Å². The highest BCUT2D eigenvalue weighted by Gasteiger charge is 2.04. The summed E-state index contributed by atoms with van der Waals surface area (Å²) in [6, 6.07) is 12.3. The number of aliphatic hydroxyl groups is 1. The van der Waals surface area contributed by atoms with Gasteiger partial charge in [0.2, 0.25) is 0 Å². The molecular weight excluding hydrogens is 488 g/mol. The summed E-state index contributed by atoms with van der Waals surface area (Å²) in [5.41, 5.74) is 1.93. The van der Waals surface area contributed by atoms with Crippen LogP contribution in [0.2, 0.25) is 0 Å². The van der Waals surface area contributed by atoms with Crippen molar-refractivity contribution in [2.24, 2.45) is 4.99 Å². The Labute approximate surface area is 188 Å². The number of nitrogens with zero attached hydrogens (tertiary/aromatic N) is 1. The molecule has 8 heteroatoms. The summed E-state index contributed by atoms with van der Waals surface area (Å²) in [6.07, 6.45) is 0.825. The van der Waals surface area contributed by atoms with Crippen molar-refractivity contribution in [2.45, 2.75) is 26.5 Å². The van der Waals surface area contributed by atoms with Crippen LogP contribution in [0.4, 0.5) is 10.1 Å². The predicted octanol–water partition coefficient (Wildman–Crippen LogP) is 3.93. The van der Waals surface area contributed by atoms with Crippen LogP contribution in [0.25, 0.3) is 0 Å². The lowest BCUT2D eigenvalue weighted by atomic mass is 10.1. The molecule has 0 bridgehead atoms. The van der Waals surface area contributed by atoms with Gasteiger partial charge >= 0.3 is 0 Å². The number of aliphatic hydroxyl groups excluding tert-OH is 1. The van der Waals surface area contributed by atoms with Gasteiger partial charge in [-0.05, 0) is 36.8 Å². The van der Waals surface area contributed by atoms with E-state index in [1.165, 1.54) is 6.07 Å². The second-order valence-electron chi connectivity index (χ2n) is 6.13. The van der Waals surface area contributed by atoms with Crippen LogP contribution in [-0.4, -0.2) is 37.9 Å². The molecule has 0 aliphatic carbocycles. The van der Waals surface area contributed by atoms with Gasteiger partial charge in [-0.3, -0.25) is 0 Å². The number of anilines is 1. The summed E-state index contributed by atoms with van der Waals surface area (Å²) in [6.45, 7) is 3.95. The molecule has 2 aromatic rings. The maximum Gasteiger partial charge on any atom is 0.196 e. The number of ether oxygens (including phenoxy) is 2. The first kappa shape index (κ1) is 25.1. The lowest BCUT2D eigenvalue weighted by Gasteiger charge is -2.13. The normalized spacial score (nSPS) is 11.0. The number of nitrogens with one attached hydrogen (secondary N) is 2. The van der Waals surface area contributed by atoms with Crippen LogP contribution in [0.1, 0.15) is 24.5 Å². The fourth-order valence-corrected chi connectivity index (χ4v) is 2.52. The molecule has 0 fully saturated rings. The van der Waals surface area contributed by atoms with Crippen LogP contribution in [0.5, 0.6) is 5.75 Å². The summed E-state index contributed by atoms with van der Waals surface area (Å²) in [7, 11) is 1.67.